The molecule has 3 atom stereocenters. The van der Waals surface area contributed by atoms with E-state index in [9.17, 15) is 0 Å². The van der Waals surface area contributed by atoms with Gasteiger partial charge in [0.05, 0.1) is 18.8 Å². The van der Waals surface area contributed by atoms with Crippen LogP contribution in [-0.4, -0.2) is 56.5 Å². The van der Waals surface area contributed by atoms with Gasteiger partial charge in [0.2, 0.25) is 0 Å². The van der Waals surface area contributed by atoms with Crippen LogP contribution in [0.25, 0.3) is 0 Å². The molecule has 2 heterocycles. The first-order valence-electron chi connectivity index (χ1n) is 5.93. The predicted octanol–water partition coefficient (Wildman–Crippen LogP) is 0.213. The molecule has 2 aliphatic rings. The van der Waals surface area contributed by atoms with Gasteiger partial charge in [-0.15, -0.1) is 0 Å². The Morgan fingerprint density at radius 1 is 1.27 bits per heavy atom. The van der Waals surface area contributed by atoms with Crippen LogP contribution in [-0.2, 0) is 9.47 Å². The maximum atomic E-state index is 5.83. The van der Waals surface area contributed by atoms with E-state index >= 15 is 0 Å². The van der Waals surface area contributed by atoms with Gasteiger partial charge >= 0.3 is 0 Å². The third-order valence-corrected chi connectivity index (χ3v) is 3.48. The fourth-order valence-corrected chi connectivity index (χ4v) is 2.43. The summed E-state index contributed by atoms with van der Waals surface area (Å²) in [6.07, 6.45) is 4.10. The van der Waals surface area contributed by atoms with Crippen molar-refractivity contribution in [2.24, 2.45) is 5.73 Å². The molecule has 0 aliphatic carbocycles. The van der Waals surface area contributed by atoms with E-state index in [2.05, 4.69) is 11.9 Å². The van der Waals surface area contributed by atoms with Crippen molar-refractivity contribution in [3.05, 3.63) is 0 Å². The zero-order valence-electron chi connectivity index (χ0n) is 9.52. The quantitative estimate of drug-likeness (QED) is 0.727. The Labute approximate surface area is 91.7 Å². The highest BCUT2D eigenvalue weighted by atomic mass is 16.5. The zero-order valence-corrected chi connectivity index (χ0v) is 9.52. The molecule has 0 aromatic carbocycles. The molecule has 0 saturated carbocycles. The average molecular weight is 214 g/mol. The lowest BCUT2D eigenvalue weighted by molar-refractivity contribution is 0.0230. The highest BCUT2D eigenvalue weighted by molar-refractivity contribution is 4.80. The van der Waals surface area contributed by atoms with Gasteiger partial charge in [-0.1, -0.05) is 0 Å². The smallest absolute Gasteiger partial charge is 0.0707 e. The predicted molar refractivity (Wildman–Crippen MR) is 58.8 cm³/mol. The molecule has 2 fully saturated rings. The number of ether oxygens (including phenoxy) is 2. The summed E-state index contributed by atoms with van der Waals surface area (Å²) in [5, 5.41) is 0. The van der Waals surface area contributed by atoms with Crippen molar-refractivity contribution in [2.45, 2.75) is 37.5 Å². The standard InChI is InChI=1S/C11H22N2O2/c1-13(9-4-5-14-8-9)7-11-3-2-10(6-12)15-11/h9-11H,2-8,12H2,1H3. The SMILES string of the molecule is CN(CC1CCC(CN)O1)C1CCOC1. The summed E-state index contributed by atoms with van der Waals surface area (Å²) in [5.74, 6) is 0. The first-order valence-corrected chi connectivity index (χ1v) is 5.93. The Hall–Kier alpha value is -0.160. The van der Waals surface area contributed by atoms with Crippen molar-refractivity contribution >= 4 is 0 Å². The Kier molecular flexibility index (Phi) is 3.97. The van der Waals surface area contributed by atoms with E-state index < -0.39 is 0 Å². The molecule has 0 spiro atoms. The summed E-state index contributed by atoms with van der Waals surface area (Å²) in [6.45, 7) is 3.47. The molecular weight excluding hydrogens is 192 g/mol. The van der Waals surface area contributed by atoms with Gasteiger partial charge in [0.25, 0.3) is 0 Å². The van der Waals surface area contributed by atoms with Gasteiger partial charge in [0.15, 0.2) is 0 Å². The van der Waals surface area contributed by atoms with E-state index in [4.69, 9.17) is 15.2 Å². The van der Waals surface area contributed by atoms with Gasteiger partial charge in [0.1, 0.15) is 0 Å². The monoisotopic (exact) mass is 214 g/mol. The average Bonchev–Trinajstić information content (AvgIpc) is 2.87. The molecule has 0 amide bonds. The second-order valence-corrected chi connectivity index (χ2v) is 4.65. The first-order chi connectivity index (χ1) is 7.29. The molecular formula is C11H22N2O2. The first kappa shape index (κ1) is 11.3. The van der Waals surface area contributed by atoms with Crippen molar-refractivity contribution in [2.75, 3.05) is 33.4 Å². The lowest BCUT2D eigenvalue weighted by atomic mass is 10.1. The molecule has 0 aromatic rings. The van der Waals surface area contributed by atoms with Gasteiger partial charge in [-0.05, 0) is 26.3 Å². The second-order valence-electron chi connectivity index (χ2n) is 4.65. The molecule has 3 unspecified atom stereocenters. The molecule has 2 N–H and O–H groups in total. The van der Waals surface area contributed by atoms with E-state index in [0.717, 1.165) is 39.0 Å². The summed E-state index contributed by atoms with van der Waals surface area (Å²) < 4.78 is 11.2. The van der Waals surface area contributed by atoms with Crippen molar-refractivity contribution in [1.82, 2.24) is 4.90 Å². The van der Waals surface area contributed by atoms with Crippen LogP contribution >= 0.6 is 0 Å². The van der Waals surface area contributed by atoms with E-state index in [1.807, 2.05) is 0 Å². The molecule has 15 heavy (non-hydrogen) atoms. The number of nitrogens with two attached hydrogens (primary N) is 1. The van der Waals surface area contributed by atoms with Crippen molar-refractivity contribution in [3.8, 4) is 0 Å². The fraction of sp³-hybridized carbons (Fsp3) is 1.00. The number of hydrogen-bond donors (Lipinski definition) is 1. The summed E-state index contributed by atoms with van der Waals surface area (Å²) in [4.78, 5) is 2.37. The van der Waals surface area contributed by atoms with Crippen LogP contribution in [0.1, 0.15) is 19.3 Å². The minimum Gasteiger partial charge on any atom is -0.380 e. The van der Waals surface area contributed by atoms with Gasteiger partial charge < -0.3 is 15.2 Å². The fourth-order valence-electron chi connectivity index (χ4n) is 2.43. The van der Waals surface area contributed by atoms with Crippen molar-refractivity contribution in [3.63, 3.8) is 0 Å². The maximum Gasteiger partial charge on any atom is 0.0707 e. The maximum absolute atomic E-state index is 5.83. The van der Waals surface area contributed by atoms with E-state index in [0.29, 0.717) is 24.8 Å². The van der Waals surface area contributed by atoms with Crippen LogP contribution < -0.4 is 5.73 Å². The summed E-state index contributed by atoms with van der Waals surface area (Å²) >= 11 is 0. The van der Waals surface area contributed by atoms with Crippen LogP contribution in [0, 0.1) is 0 Å². The molecule has 4 heteroatoms. The third kappa shape index (κ3) is 2.91. The van der Waals surface area contributed by atoms with Gasteiger partial charge in [-0.25, -0.2) is 0 Å². The van der Waals surface area contributed by atoms with E-state index in [-0.39, 0.29) is 0 Å². The van der Waals surface area contributed by atoms with Gasteiger partial charge in [-0.3, -0.25) is 4.90 Å². The highest BCUT2D eigenvalue weighted by Gasteiger charge is 2.28. The normalized spacial score (nSPS) is 36.6. The molecule has 2 aliphatic heterocycles. The lowest BCUT2D eigenvalue weighted by Crippen LogP contribution is -2.38. The molecule has 88 valence electrons. The molecule has 0 radical (unpaired) electrons. The minimum absolute atomic E-state index is 0.295. The number of nitrogens with zero attached hydrogens (tertiary/aromatic N) is 1. The number of rotatable bonds is 4. The van der Waals surface area contributed by atoms with Crippen LogP contribution in [0.15, 0.2) is 0 Å². The summed E-state index contributed by atoms with van der Waals surface area (Å²) in [7, 11) is 2.17. The summed E-state index contributed by atoms with van der Waals surface area (Å²) in [5.41, 5.74) is 5.59. The van der Waals surface area contributed by atoms with E-state index in [1.165, 1.54) is 0 Å². The molecule has 4 nitrogen and oxygen atoms in total. The zero-order chi connectivity index (χ0) is 10.7. The second kappa shape index (κ2) is 5.25. The summed E-state index contributed by atoms with van der Waals surface area (Å²) in [6, 6.07) is 0.588. The Balaban J connectivity index is 1.72. The van der Waals surface area contributed by atoms with Crippen molar-refractivity contribution in [1.29, 1.82) is 0 Å². The number of likely N-dealkylation sites (N-methyl/N-ethyl adjacent to an activating group) is 1. The lowest BCUT2D eigenvalue weighted by Gasteiger charge is -2.25. The Morgan fingerprint density at radius 3 is 2.67 bits per heavy atom. The largest absolute Gasteiger partial charge is 0.380 e. The topological polar surface area (TPSA) is 47.7 Å². The van der Waals surface area contributed by atoms with E-state index in [1.54, 1.807) is 0 Å². The molecule has 0 bridgehead atoms. The van der Waals surface area contributed by atoms with Gasteiger partial charge in [-0.2, -0.15) is 0 Å². The molecule has 2 saturated heterocycles. The van der Waals surface area contributed by atoms with Crippen LogP contribution in [0.2, 0.25) is 0 Å². The minimum atomic E-state index is 0.295. The third-order valence-electron chi connectivity index (χ3n) is 3.48. The van der Waals surface area contributed by atoms with Crippen LogP contribution in [0.3, 0.4) is 0 Å². The Morgan fingerprint density at radius 2 is 2.07 bits per heavy atom. The Bertz CT molecular complexity index is 195. The van der Waals surface area contributed by atoms with Crippen LogP contribution in [0.4, 0.5) is 0 Å². The number of hydrogen-bond acceptors (Lipinski definition) is 4. The molecule has 0 aromatic heterocycles. The molecule has 2 rings (SSSR count). The highest BCUT2D eigenvalue weighted by Crippen LogP contribution is 2.21. The van der Waals surface area contributed by atoms with Crippen molar-refractivity contribution < 1.29 is 9.47 Å². The van der Waals surface area contributed by atoms with Gasteiger partial charge in [0, 0.05) is 25.7 Å². The van der Waals surface area contributed by atoms with Crippen LogP contribution in [0.5, 0.6) is 0 Å².